The standard InChI is InChI=1S/C18H26F3N3O3S/c1-3-23(4-2)16(14-8-6-5-7-9-14)17(25)22-15-10-12-24(13-11-15)28(26,27)18(19,20)21/h5-9,15-16H,3-4,10-13H2,1-2H3,(H,22,25)/t16-/m0/s1. The van der Waals surface area contributed by atoms with E-state index in [1.807, 2.05) is 49.1 Å². The molecule has 0 aliphatic carbocycles. The molecule has 0 bridgehead atoms. The summed E-state index contributed by atoms with van der Waals surface area (Å²) in [5, 5.41) is 2.89. The van der Waals surface area contributed by atoms with Crippen molar-refractivity contribution >= 4 is 15.9 Å². The van der Waals surface area contributed by atoms with Crippen LogP contribution in [0.1, 0.15) is 38.3 Å². The second kappa shape index (κ2) is 9.23. The Kier molecular flexibility index (Phi) is 7.46. The summed E-state index contributed by atoms with van der Waals surface area (Å²) in [4.78, 5) is 14.9. The number of carbonyl (C=O) groups excluding carboxylic acids is 1. The van der Waals surface area contributed by atoms with E-state index in [0.717, 1.165) is 5.56 Å². The van der Waals surface area contributed by atoms with E-state index >= 15 is 0 Å². The molecular weight excluding hydrogens is 395 g/mol. The van der Waals surface area contributed by atoms with Crippen LogP contribution >= 0.6 is 0 Å². The fourth-order valence-corrected chi connectivity index (χ4v) is 4.40. The van der Waals surface area contributed by atoms with Crippen molar-refractivity contribution in [3.05, 3.63) is 35.9 Å². The first-order chi connectivity index (χ1) is 13.1. The number of hydrogen-bond donors (Lipinski definition) is 1. The summed E-state index contributed by atoms with van der Waals surface area (Å²) >= 11 is 0. The average molecular weight is 421 g/mol. The molecule has 158 valence electrons. The summed E-state index contributed by atoms with van der Waals surface area (Å²) in [5.41, 5.74) is -4.47. The van der Waals surface area contributed by atoms with Crippen LogP contribution in [0, 0.1) is 0 Å². The molecule has 1 aliphatic rings. The van der Waals surface area contributed by atoms with Gasteiger partial charge in [0.05, 0.1) is 0 Å². The zero-order valence-corrected chi connectivity index (χ0v) is 16.8. The maximum Gasteiger partial charge on any atom is 0.511 e. The lowest BCUT2D eigenvalue weighted by Crippen LogP contribution is -2.51. The number of sulfonamides is 1. The number of benzene rings is 1. The Balaban J connectivity index is 2.05. The Labute approximate surface area is 163 Å². The van der Waals surface area contributed by atoms with E-state index in [4.69, 9.17) is 0 Å². The number of amides is 1. The lowest BCUT2D eigenvalue weighted by molar-refractivity contribution is -0.127. The van der Waals surface area contributed by atoms with Crippen LogP contribution in [0.25, 0.3) is 0 Å². The summed E-state index contributed by atoms with van der Waals surface area (Å²) < 4.78 is 61.5. The summed E-state index contributed by atoms with van der Waals surface area (Å²) in [7, 11) is -5.32. The predicted molar refractivity (Wildman–Crippen MR) is 99.8 cm³/mol. The smallest absolute Gasteiger partial charge is 0.352 e. The third-order valence-electron chi connectivity index (χ3n) is 4.97. The fraction of sp³-hybridized carbons (Fsp3) is 0.611. The highest BCUT2D eigenvalue weighted by Gasteiger charge is 2.50. The van der Waals surface area contributed by atoms with Gasteiger partial charge in [0.2, 0.25) is 5.91 Å². The van der Waals surface area contributed by atoms with Gasteiger partial charge in [-0.05, 0) is 31.5 Å². The molecule has 1 aromatic carbocycles. The van der Waals surface area contributed by atoms with Crippen LogP contribution in [-0.4, -0.2) is 61.3 Å². The first kappa shape index (κ1) is 22.6. The third-order valence-corrected chi connectivity index (χ3v) is 6.60. The fourth-order valence-electron chi connectivity index (χ4n) is 3.42. The Hall–Kier alpha value is -1.65. The number of alkyl halides is 3. The molecule has 1 heterocycles. The molecule has 28 heavy (non-hydrogen) atoms. The second-order valence-corrected chi connectivity index (χ2v) is 8.60. The number of hydrogen-bond acceptors (Lipinski definition) is 4. The minimum Gasteiger partial charge on any atom is -0.352 e. The van der Waals surface area contributed by atoms with Gasteiger partial charge in [-0.25, -0.2) is 8.42 Å². The molecule has 0 aromatic heterocycles. The lowest BCUT2D eigenvalue weighted by Gasteiger charge is -2.34. The normalized spacial score (nSPS) is 18.2. The first-order valence-electron chi connectivity index (χ1n) is 9.27. The van der Waals surface area contributed by atoms with E-state index in [2.05, 4.69) is 5.32 Å². The van der Waals surface area contributed by atoms with Crippen molar-refractivity contribution in [2.75, 3.05) is 26.2 Å². The second-order valence-electron chi connectivity index (χ2n) is 6.67. The maximum absolute atomic E-state index is 12.9. The van der Waals surface area contributed by atoms with Gasteiger partial charge in [-0.1, -0.05) is 44.2 Å². The van der Waals surface area contributed by atoms with E-state index in [1.165, 1.54) is 0 Å². The van der Waals surface area contributed by atoms with Crippen LogP contribution in [0.4, 0.5) is 13.2 Å². The topological polar surface area (TPSA) is 69.7 Å². The maximum atomic E-state index is 12.9. The molecule has 0 saturated carbocycles. The Bertz CT molecular complexity index is 744. The zero-order chi connectivity index (χ0) is 20.9. The van der Waals surface area contributed by atoms with Gasteiger partial charge >= 0.3 is 15.5 Å². The van der Waals surface area contributed by atoms with E-state index in [0.29, 0.717) is 17.4 Å². The molecule has 1 fully saturated rings. The molecule has 1 saturated heterocycles. The molecule has 1 amide bonds. The largest absolute Gasteiger partial charge is 0.511 e. The highest BCUT2D eigenvalue weighted by atomic mass is 32.2. The Morgan fingerprint density at radius 3 is 2.18 bits per heavy atom. The van der Waals surface area contributed by atoms with Crippen molar-refractivity contribution in [1.82, 2.24) is 14.5 Å². The number of rotatable bonds is 7. The minimum atomic E-state index is -5.32. The molecule has 1 aliphatic heterocycles. The third kappa shape index (κ3) is 5.03. The lowest BCUT2D eigenvalue weighted by atomic mass is 10.0. The van der Waals surface area contributed by atoms with Gasteiger partial charge in [0.15, 0.2) is 0 Å². The SMILES string of the molecule is CCN(CC)[C@H](C(=O)NC1CCN(S(=O)(=O)C(F)(F)F)CC1)c1ccccc1. The van der Waals surface area contributed by atoms with E-state index in [-0.39, 0.29) is 37.9 Å². The summed E-state index contributed by atoms with van der Waals surface area (Å²) in [6.45, 7) is 4.68. The van der Waals surface area contributed by atoms with Crippen molar-refractivity contribution in [2.24, 2.45) is 0 Å². The van der Waals surface area contributed by atoms with Crippen LogP contribution < -0.4 is 5.32 Å². The van der Waals surface area contributed by atoms with E-state index < -0.39 is 21.6 Å². The first-order valence-corrected chi connectivity index (χ1v) is 10.7. The molecule has 1 aromatic rings. The number of halogens is 3. The number of carbonyl (C=O) groups is 1. The number of likely N-dealkylation sites (N-methyl/N-ethyl adjacent to an activating group) is 1. The Morgan fingerprint density at radius 1 is 1.18 bits per heavy atom. The van der Waals surface area contributed by atoms with Crippen molar-refractivity contribution < 1.29 is 26.4 Å². The van der Waals surface area contributed by atoms with Gasteiger partial charge in [-0.3, -0.25) is 9.69 Å². The van der Waals surface area contributed by atoms with E-state index in [9.17, 15) is 26.4 Å². The molecule has 0 radical (unpaired) electrons. The molecule has 2 rings (SSSR count). The van der Waals surface area contributed by atoms with Gasteiger partial charge in [-0.15, -0.1) is 0 Å². The quantitative estimate of drug-likeness (QED) is 0.735. The molecular formula is C18H26F3N3O3S. The van der Waals surface area contributed by atoms with Gasteiger partial charge in [0, 0.05) is 19.1 Å². The number of piperidine rings is 1. The molecule has 1 atom stereocenters. The molecule has 10 heteroatoms. The van der Waals surface area contributed by atoms with Gasteiger partial charge in [0.1, 0.15) is 6.04 Å². The zero-order valence-electron chi connectivity index (χ0n) is 15.9. The van der Waals surface area contributed by atoms with Crippen LogP contribution in [-0.2, 0) is 14.8 Å². The Morgan fingerprint density at radius 2 is 1.71 bits per heavy atom. The van der Waals surface area contributed by atoms with Crippen molar-refractivity contribution in [2.45, 2.75) is 44.3 Å². The molecule has 1 N–H and O–H groups in total. The van der Waals surface area contributed by atoms with Crippen LogP contribution in [0.5, 0.6) is 0 Å². The summed E-state index contributed by atoms with van der Waals surface area (Å²) in [6, 6.07) is 8.40. The number of nitrogens with one attached hydrogen (secondary N) is 1. The van der Waals surface area contributed by atoms with Crippen molar-refractivity contribution in [3.63, 3.8) is 0 Å². The monoisotopic (exact) mass is 421 g/mol. The highest BCUT2D eigenvalue weighted by Crippen LogP contribution is 2.29. The average Bonchev–Trinajstić information content (AvgIpc) is 2.66. The van der Waals surface area contributed by atoms with E-state index in [1.54, 1.807) is 0 Å². The highest BCUT2D eigenvalue weighted by molar-refractivity contribution is 7.90. The van der Waals surface area contributed by atoms with Crippen LogP contribution in [0.3, 0.4) is 0 Å². The molecule has 6 nitrogen and oxygen atoms in total. The van der Waals surface area contributed by atoms with Crippen LogP contribution in [0.2, 0.25) is 0 Å². The van der Waals surface area contributed by atoms with Crippen LogP contribution in [0.15, 0.2) is 30.3 Å². The predicted octanol–water partition coefficient (Wildman–Crippen LogP) is 2.50. The van der Waals surface area contributed by atoms with Crippen molar-refractivity contribution in [1.29, 1.82) is 0 Å². The molecule has 0 spiro atoms. The summed E-state index contributed by atoms with van der Waals surface area (Å²) in [6.07, 6.45) is 0.279. The van der Waals surface area contributed by atoms with Gasteiger partial charge in [-0.2, -0.15) is 17.5 Å². The summed E-state index contributed by atoms with van der Waals surface area (Å²) in [5.74, 6) is -0.230. The van der Waals surface area contributed by atoms with Gasteiger partial charge in [0.25, 0.3) is 0 Å². The van der Waals surface area contributed by atoms with Gasteiger partial charge < -0.3 is 5.32 Å². The number of nitrogens with zero attached hydrogens (tertiary/aromatic N) is 2. The minimum absolute atomic E-state index is 0.140. The van der Waals surface area contributed by atoms with Crippen molar-refractivity contribution in [3.8, 4) is 0 Å². The molecule has 0 unspecified atom stereocenters.